The molecular weight excluding hydrogens is 250 g/mol. The van der Waals surface area contributed by atoms with Crippen molar-refractivity contribution in [2.45, 2.75) is 31.7 Å². The Hall–Kier alpha value is -1.39. The standard InChI is InChI=1S/C16H25N3O/c1-2-18-16(20)10-15(11-17)19-9-8-14(12-19)13-6-4-3-5-7-13/h3-7,14-15H,2,8-12,17H2,1H3,(H,18,20). The minimum Gasteiger partial charge on any atom is -0.356 e. The molecule has 110 valence electrons. The van der Waals surface area contributed by atoms with E-state index in [2.05, 4.69) is 34.5 Å². The highest BCUT2D eigenvalue weighted by Gasteiger charge is 2.29. The van der Waals surface area contributed by atoms with E-state index in [9.17, 15) is 4.79 Å². The highest BCUT2D eigenvalue weighted by Crippen LogP contribution is 2.28. The van der Waals surface area contributed by atoms with Gasteiger partial charge in [-0.05, 0) is 31.4 Å². The van der Waals surface area contributed by atoms with Gasteiger partial charge < -0.3 is 11.1 Å². The monoisotopic (exact) mass is 275 g/mol. The molecule has 1 aromatic rings. The summed E-state index contributed by atoms with van der Waals surface area (Å²) in [6.45, 7) is 5.20. The molecule has 20 heavy (non-hydrogen) atoms. The number of nitrogens with zero attached hydrogens (tertiary/aromatic N) is 1. The minimum atomic E-state index is 0.103. The lowest BCUT2D eigenvalue weighted by Gasteiger charge is -2.26. The molecule has 1 aliphatic rings. The van der Waals surface area contributed by atoms with Crippen LogP contribution in [-0.2, 0) is 4.79 Å². The fourth-order valence-electron chi connectivity index (χ4n) is 2.96. The van der Waals surface area contributed by atoms with Gasteiger partial charge in [-0.3, -0.25) is 9.69 Å². The molecule has 0 aromatic heterocycles. The number of amides is 1. The predicted octanol–water partition coefficient (Wildman–Crippen LogP) is 1.33. The summed E-state index contributed by atoms with van der Waals surface area (Å²) in [5.74, 6) is 0.672. The third-order valence-electron chi connectivity index (χ3n) is 4.07. The number of rotatable bonds is 6. The zero-order valence-corrected chi connectivity index (χ0v) is 12.2. The van der Waals surface area contributed by atoms with Crippen molar-refractivity contribution < 1.29 is 4.79 Å². The number of benzene rings is 1. The summed E-state index contributed by atoms with van der Waals surface area (Å²) in [4.78, 5) is 14.1. The summed E-state index contributed by atoms with van der Waals surface area (Å²) in [6, 6.07) is 10.8. The fourth-order valence-corrected chi connectivity index (χ4v) is 2.96. The van der Waals surface area contributed by atoms with Crippen LogP contribution >= 0.6 is 0 Å². The fraction of sp³-hybridized carbons (Fsp3) is 0.562. The molecular formula is C16H25N3O. The van der Waals surface area contributed by atoms with Crippen LogP contribution in [0.4, 0.5) is 0 Å². The van der Waals surface area contributed by atoms with E-state index in [0.717, 1.165) is 19.5 Å². The van der Waals surface area contributed by atoms with Crippen molar-refractivity contribution in [1.82, 2.24) is 10.2 Å². The van der Waals surface area contributed by atoms with Gasteiger partial charge in [0.2, 0.25) is 5.91 Å². The van der Waals surface area contributed by atoms with Crippen LogP contribution in [0.3, 0.4) is 0 Å². The predicted molar refractivity (Wildman–Crippen MR) is 81.5 cm³/mol. The van der Waals surface area contributed by atoms with E-state index in [0.29, 0.717) is 25.4 Å². The van der Waals surface area contributed by atoms with Crippen LogP contribution in [0.2, 0.25) is 0 Å². The molecule has 0 radical (unpaired) electrons. The van der Waals surface area contributed by atoms with Gasteiger partial charge in [0.15, 0.2) is 0 Å². The molecule has 4 heteroatoms. The van der Waals surface area contributed by atoms with Crippen molar-refractivity contribution in [3.63, 3.8) is 0 Å². The van der Waals surface area contributed by atoms with E-state index in [4.69, 9.17) is 5.73 Å². The summed E-state index contributed by atoms with van der Waals surface area (Å²) in [6.07, 6.45) is 1.65. The molecule has 1 fully saturated rings. The highest BCUT2D eigenvalue weighted by molar-refractivity contribution is 5.76. The molecule has 2 rings (SSSR count). The molecule has 1 heterocycles. The first kappa shape index (κ1) is 15.0. The molecule has 0 saturated carbocycles. The van der Waals surface area contributed by atoms with Crippen molar-refractivity contribution in [1.29, 1.82) is 0 Å². The summed E-state index contributed by atoms with van der Waals surface area (Å²) >= 11 is 0. The normalized spacial score (nSPS) is 20.8. The lowest BCUT2D eigenvalue weighted by atomic mass is 9.99. The van der Waals surface area contributed by atoms with E-state index in [1.54, 1.807) is 0 Å². The number of carbonyl (C=O) groups is 1. The van der Waals surface area contributed by atoms with E-state index >= 15 is 0 Å². The van der Waals surface area contributed by atoms with Gasteiger partial charge in [0.1, 0.15) is 0 Å². The van der Waals surface area contributed by atoms with Crippen LogP contribution in [0.15, 0.2) is 30.3 Å². The first-order valence-electron chi connectivity index (χ1n) is 7.50. The lowest BCUT2D eigenvalue weighted by Crippen LogP contribution is -2.42. The quantitative estimate of drug-likeness (QED) is 0.823. The Labute approximate surface area is 121 Å². The maximum atomic E-state index is 11.7. The second-order valence-corrected chi connectivity index (χ2v) is 5.44. The molecule has 4 nitrogen and oxygen atoms in total. The third kappa shape index (κ3) is 3.81. The molecule has 2 atom stereocenters. The molecule has 2 unspecified atom stereocenters. The second-order valence-electron chi connectivity index (χ2n) is 5.44. The van der Waals surface area contributed by atoms with Gasteiger partial charge in [0.05, 0.1) is 0 Å². The Bertz CT molecular complexity index is 421. The average molecular weight is 275 g/mol. The Morgan fingerprint density at radius 3 is 2.85 bits per heavy atom. The number of nitrogens with two attached hydrogens (primary N) is 1. The Morgan fingerprint density at radius 2 is 2.20 bits per heavy atom. The summed E-state index contributed by atoms with van der Waals surface area (Å²) < 4.78 is 0. The number of carbonyl (C=O) groups excluding carboxylic acids is 1. The van der Waals surface area contributed by atoms with Crippen molar-refractivity contribution in [3.8, 4) is 0 Å². The maximum absolute atomic E-state index is 11.7. The Kier molecular flexibility index (Phi) is 5.56. The molecule has 0 spiro atoms. The molecule has 0 bridgehead atoms. The molecule has 1 amide bonds. The maximum Gasteiger partial charge on any atom is 0.221 e. The van der Waals surface area contributed by atoms with Crippen LogP contribution in [-0.4, -0.2) is 43.0 Å². The van der Waals surface area contributed by atoms with Crippen LogP contribution in [0.1, 0.15) is 31.2 Å². The van der Waals surface area contributed by atoms with Crippen LogP contribution in [0.5, 0.6) is 0 Å². The van der Waals surface area contributed by atoms with Crippen LogP contribution < -0.4 is 11.1 Å². The number of nitrogens with one attached hydrogen (secondary N) is 1. The second kappa shape index (κ2) is 7.41. The SMILES string of the molecule is CCNC(=O)CC(CN)N1CCC(c2ccccc2)C1. The first-order chi connectivity index (χ1) is 9.74. The zero-order valence-electron chi connectivity index (χ0n) is 12.2. The summed E-state index contributed by atoms with van der Waals surface area (Å²) in [7, 11) is 0. The van der Waals surface area contributed by atoms with Gasteiger partial charge >= 0.3 is 0 Å². The lowest BCUT2D eigenvalue weighted by molar-refractivity contribution is -0.122. The van der Waals surface area contributed by atoms with Gasteiger partial charge in [-0.25, -0.2) is 0 Å². The molecule has 1 aromatic carbocycles. The van der Waals surface area contributed by atoms with E-state index in [1.807, 2.05) is 13.0 Å². The van der Waals surface area contributed by atoms with Crippen molar-refractivity contribution in [3.05, 3.63) is 35.9 Å². The van der Waals surface area contributed by atoms with E-state index in [1.165, 1.54) is 5.56 Å². The van der Waals surface area contributed by atoms with Gasteiger partial charge in [-0.15, -0.1) is 0 Å². The van der Waals surface area contributed by atoms with Gasteiger partial charge in [-0.2, -0.15) is 0 Å². The molecule has 0 aliphatic carbocycles. The summed E-state index contributed by atoms with van der Waals surface area (Å²) in [5, 5.41) is 2.86. The summed E-state index contributed by atoms with van der Waals surface area (Å²) in [5.41, 5.74) is 7.25. The minimum absolute atomic E-state index is 0.103. The number of hydrogen-bond donors (Lipinski definition) is 2. The van der Waals surface area contributed by atoms with Gasteiger partial charge in [0, 0.05) is 32.1 Å². The van der Waals surface area contributed by atoms with Gasteiger partial charge in [-0.1, -0.05) is 30.3 Å². The van der Waals surface area contributed by atoms with E-state index in [-0.39, 0.29) is 11.9 Å². The average Bonchev–Trinajstić information content (AvgIpc) is 2.95. The number of hydrogen-bond acceptors (Lipinski definition) is 3. The Balaban J connectivity index is 1.91. The first-order valence-corrected chi connectivity index (χ1v) is 7.50. The van der Waals surface area contributed by atoms with Gasteiger partial charge in [0.25, 0.3) is 0 Å². The molecule has 3 N–H and O–H groups in total. The largest absolute Gasteiger partial charge is 0.356 e. The van der Waals surface area contributed by atoms with Crippen LogP contribution in [0.25, 0.3) is 0 Å². The topological polar surface area (TPSA) is 58.4 Å². The Morgan fingerprint density at radius 1 is 1.45 bits per heavy atom. The van der Waals surface area contributed by atoms with Crippen molar-refractivity contribution >= 4 is 5.91 Å². The molecule has 1 saturated heterocycles. The van der Waals surface area contributed by atoms with E-state index < -0.39 is 0 Å². The molecule has 1 aliphatic heterocycles. The smallest absolute Gasteiger partial charge is 0.221 e. The van der Waals surface area contributed by atoms with Crippen molar-refractivity contribution in [2.24, 2.45) is 5.73 Å². The highest BCUT2D eigenvalue weighted by atomic mass is 16.1. The number of likely N-dealkylation sites (tertiary alicyclic amines) is 1. The zero-order chi connectivity index (χ0) is 14.4. The van der Waals surface area contributed by atoms with Crippen LogP contribution in [0, 0.1) is 0 Å². The van der Waals surface area contributed by atoms with Crippen molar-refractivity contribution in [2.75, 3.05) is 26.2 Å². The third-order valence-corrected chi connectivity index (χ3v) is 4.07.